The number of anilines is 1. The second kappa shape index (κ2) is 17.7. The number of nitrogen functional groups attached to an aromatic ring is 1. The van der Waals surface area contributed by atoms with E-state index < -0.39 is 5.91 Å². The van der Waals surface area contributed by atoms with E-state index in [0.717, 1.165) is 56.8 Å². The Hall–Kier alpha value is -3.01. The lowest BCUT2D eigenvalue weighted by molar-refractivity contribution is 0.0999. The normalized spacial score (nSPS) is 9.85. The maximum atomic E-state index is 11.7. The number of rotatable bonds is 5. The van der Waals surface area contributed by atoms with Crippen molar-refractivity contribution in [1.82, 2.24) is 19.6 Å². The number of hydrogen-bond acceptors (Lipinski definition) is 10. The molecule has 0 spiro atoms. The highest BCUT2D eigenvalue weighted by Crippen LogP contribution is 2.31. The molecular formula is C26H38N6O5S4. The summed E-state index contributed by atoms with van der Waals surface area (Å²) in [6, 6.07) is 9.99. The summed E-state index contributed by atoms with van der Waals surface area (Å²) in [5.41, 5.74) is 11.9. The van der Waals surface area contributed by atoms with Crippen molar-refractivity contribution in [3.63, 3.8) is 0 Å². The lowest BCUT2D eigenvalue weighted by atomic mass is 10.2. The summed E-state index contributed by atoms with van der Waals surface area (Å²) < 4.78 is 0. The van der Waals surface area contributed by atoms with Crippen molar-refractivity contribution in [2.24, 2.45) is 5.73 Å². The fraction of sp³-hybridized carbons (Fsp3) is 0.346. The van der Waals surface area contributed by atoms with E-state index >= 15 is 0 Å². The highest BCUT2D eigenvalue weighted by Gasteiger charge is 2.15. The van der Waals surface area contributed by atoms with Gasteiger partial charge in [-0.05, 0) is 83.4 Å². The first kappa shape index (κ1) is 38.0. The van der Waals surface area contributed by atoms with Crippen molar-refractivity contribution < 1.29 is 24.0 Å². The summed E-state index contributed by atoms with van der Waals surface area (Å²) in [4.78, 5) is 66.5. The molecule has 0 atom stereocenters. The summed E-state index contributed by atoms with van der Waals surface area (Å²) in [7, 11) is 13.3. The molecule has 0 bridgehead atoms. The van der Waals surface area contributed by atoms with Crippen molar-refractivity contribution in [2.45, 2.75) is 27.0 Å². The number of benzene rings is 2. The second-order valence-electron chi connectivity index (χ2n) is 8.84. The number of nitrogens with zero attached hydrogens (tertiary/aromatic N) is 4. The van der Waals surface area contributed by atoms with Gasteiger partial charge in [0.1, 0.15) is 0 Å². The highest BCUT2D eigenvalue weighted by atomic mass is 32.2. The quantitative estimate of drug-likeness (QED) is 0.303. The third-order valence-corrected chi connectivity index (χ3v) is 8.39. The summed E-state index contributed by atoms with van der Waals surface area (Å²) in [6.07, 6.45) is 0. The van der Waals surface area contributed by atoms with Crippen LogP contribution in [0.3, 0.4) is 0 Å². The van der Waals surface area contributed by atoms with Crippen LogP contribution in [0.15, 0.2) is 56.0 Å². The Bertz CT molecular complexity index is 1170. The molecule has 0 heterocycles. The molecule has 0 aliphatic carbocycles. The van der Waals surface area contributed by atoms with Crippen LogP contribution in [0, 0.1) is 0 Å². The Morgan fingerprint density at radius 1 is 0.512 bits per heavy atom. The van der Waals surface area contributed by atoms with E-state index in [-0.39, 0.29) is 33.9 Å². The highest BCUT2D eigenvalue weighted by molar-refractivity contribution is 8.14. The van der Waals surface area contributed by atoms with Gasteiger partial charge in [0.15, 0.2) is 0 Å². The number of carbonyl (C=O) groups is 5. The SMILES string of the molecule is C.CN(C)C(=O)Sc1cc(N)cc(SC(=O)N(C)C)c1.CN(C)C(=O)Sc1cc(SC(=O)N(C)C)cc(C(N)=O)c1. The van der Waals surface area contributed by atoms with Crippen LogP contribution >= 0.6 is 47.0 Å². The average Bonchev–Trinajstić information content (AvgIpc) is 2.83. The zero-order chi connectivity index (χ0) is 30.7. The van der Waals surface area contributed by atoms with E-state index in [0.29, 0.717) is 15.5 Å². The predicted molar refractivity (Wildman–Crippen MR) is 172 cm³/mol. The van der Waals surface area contributed by atoms with Crippen LogP contribution in [0.25, 0.3) is 0 Å². The summed E-state index contributed by atoms with van der Waals surface area (Å²) in [5.74, 6) is -0.603. The van der Waals surface area contributed by atoms with Gasteiger partial charge in [-0.25, -0.2) is 0 Å². The van der Waals surface area contributed by atoms with Gasteiger partial charge in [-0.2, -0.15) is 0 Å². The van der Waals surface area contributed by atoms with Crippen molar-refractivity contribution in [3.8, 4) is 0 Å². The van der Waals surface area contributed by atoms with E-state index in [1.807, 2.05) is 0 Å². The molecule has 0 saturated heterocycles. The van der Waals surface area contributed by atoms with E-state index in [1.54, 1.807) is 92.8 Å². The molecule has 4 N–H and O–H groups in total. The number of nitrogens with two attached hydrogens (primary N) is 2. The molecule has 0 unspecified atom stereocenters. The first-order chi connectivity index (χ1) is 18.5. The summed E-state index contributed by atoms with van der Waals surface area (Å²) in [5, 5.41) is -0.515. The molecule has 0 radical (unpaired) electrons. The van der Waals surface area contributed by atoms with Crippen LogP contribution in [-0.4, -0.2) is 103 Å². The molecule has 0 fully saturated rings. The Morgan fingerprint density at radius 2 is 0.756 bits per heavy atom. The van der Waals surface area contributed by atoms with E-state index in [9.17, 15) is 24.0 Å². The number of primary amides is 1. The number of carbonyl (C=O) groups excluding carboxylic acids is 5. The Kier molecular flexibility index (Phi) is 16.4. The molecule has 226 valence electrons. The molecule has 11 nitrogen and oxygen atoms in total. The van der Waals surface area contributed by atoms with Gasteiger partial charge in [0.05, 0.1) is 0 Å². The molecule has 2 aromatic carbocycles. The Labute approximate surface area is 259 Å². The van der Waals surface area contributed by atoms with Gasteiger partial charge < -0.3 is 31.1 Å². The molecule has 0 aliphatic rings. The minimum absolute atomic E-state index is 0. The molecule has 5 amide bonds. The lowest BCUT2D eigenvalue weighted by Gasteiger charge is -2.12. The molecule has 0 aliphatic heterocycles. The molecule has 15 heteroatoms. The Morgan fingerprint density at radius 3 is 0.976 bits per heavy atom. The number of amides is 5. The van der Waals surface area contributed by atoms with Crippen LogP contribution in [0.1, 0.15) is 17.8 Å². The second-order valence-corrected chi connectivity index (χ2v) is 12.9. The maximum Gasteiger partial charge on any atom is 0.285 e. The zero-order valence-electron chi connectivity index (χ0n) is 23.6. The predicted octanol–water partition coefficient (Wildman–Crippen LogP) is 5.79. The van der Waals surface area contributed by atoms with Crippen LogP contribution in [0.5, 0.6) is 0 Å². The van der Waals surface area contributed by atoms with Crippen LogP contribution in [0.4, 0.5) is 24.9 Å². The third kappa shape index (κ3) is 13.9. The average molecular weight is 643 g/mol. The minimum Gasteiger partial charge on any atom is -0.399 e. The van der Waals surface area contributed by atoms with Crippen molar-refractivity contribution in [2.75, 3.05) is 62.1 Å². The molecule has 0 saturated carbocycles. The van der Waals surface area contributed by atoms with Gasteiger partial charge in [-0.1, -0.05) is 7.43 Å². The zero-order valence-corrected chi connectivity index (χ0v) is 26.8. The molecule has 41 heavy (non-hydrogen) atoms. The van der Waals surface area contributed by atoms with E-state index in [2.05, 4.69) is 0 Å². The van der Waals surface area contributed by atoms with Crippen molar-refractivity contribution in [1.29, 1.82) is 0 Å². The first-order valence-corrected chi connectivity index (χ1v) is 14.7. The molecule has 2 rings (SSSR count). The Balaban J connectivity index is 0.000000765. The molecular weight excluding hydrogens is 605 g/mol. The van der Waals surface area contributed by atoms with Crippen LogP contribution in [-0.2, 0) is 0 Å². The minimum atomic E-state index is -0.603. The van der Waals surface area contributed by atoms with Gasteiger partial charge in [-0.15, -0.1) is 0 Å². The van der Waals surface area contributed by atoms with Crippen molar-refractivity contribution >= 4 is 79.6 Å². The lowest BCUT2D eigenvalue weighted by Crippen LogP contribution is -2.17. The van der Waals surface area contributed by atoms with Gasteiger partial charge in [-0.3, -0.25) is 24.0 Å². The van der Waals surface area contributed by atoms with Crippen LogP contribution < -0.4 is 11.5 Å². The first-order valence-electron chi connectivity index (χ1n) is 11.4. The number of hydrogen-bond donors (Lipinski definition) is 2. The third-order valence-electron chi connectivity index (χ3n) is 4.35. The fourth-order valence-corrected chi connectivity index (χ4v) is 5.50. The largest absolute Gasteiger partial charge is 0.399 e. The maximum absolute atomic E-state index is 11.7. The topological polar surface area (TPSA) is 150 Å². The van der Waals surface area contributed by atoms with Crippen molar-refractivity contribution in [3.05, 3.63) is 42.0 Å². The van der Waals surface area contributed by atoms with Gasteiger partial charge >= 0.3 is 0 Å². The summed E-state index contributed by atoms with van der Waals surface area (Å²) >= 11 is 4.12. The van der Waals surface area contributed by atoms with E-state index in [1.165, 1.54) is 19.6 Å². The van der Waals surface area contributed by atoms with E-state index in [4.69, 9.17) is 11.5 Å². The smallest absolute Gasteiger partial charge is 0.285 e. The van der Waals surface area contributed by atoms with Gasteiger partial charge in [0.25, 0.3) is 21.0 Å². The van der Waals surface area contributed by atoms with Gasteiger partial charge in [0, 0.05) is 87.2 Å². The van der Waals surface area contributed by atoms with Gasteiger partial charge in [0.2, 0.25) is 5.91 Å². The van der Waals surface area contributed by atoms with Crippen LogP contribution in [0.2, 0.25) is 0 Å². The summed E-state index contributed by atoms with van der Waals surface area (Å²) in [6.45, 7) is 0. The molecule has 0 aromatic heterocycles. The molecule has 2 aromatic rings. The fourth-order valence-electron chi connectivity index (χ4n) is 2.31. The standard InChI is InChI=1S/C13H17N3O3S2.C12H17N3O2S2.CH4/c1-15(2)12(18)20-9-5-8(11(14)17)6-10(7-9)21-13(19)16(3)4;1-14(2)11(16)18-9-5-8(13)6-10(7-9)19-12(17)15(3)4;/h5-7H,1-4H3,(H2,14,17);5-7H,13H2,1-4H3;1H4. The monoisotopic (exact) mass is 642 g/mol. The number of thioether (sulfide) groups is 4.